The highest BCUT2D eigenvalue weighted by atomic mass is 79.9. The van der Waals surface area contributed by atoms with E-state index in [1.807, 2.05) is 42.5 Å². The van der Waals surface area contributed by atoms with Gasteiger partial charge in [0.15, 0.2) is 0 Å². The molecule has 0 radical (unpaired) electrons. The van der Waals surface area contributed by atoms with Crippen molar-refractivity contribution in [3.05, 3.63) is 70.4 Å². The van der Waals surface area contributed by atoms with Gasteiger partial charge in [-0.15, -0.1) is 0 Å². The van der Waals surface area contributed by atoms with E-state index < -0.39 is 0 Å². The van der Waals surface area contributed by atoms with Crippen LogP contribution in [0.4, 0.5) is 5.69 Å². The average Bonchev–Trinajstić information content (AvgIpc) is 3.02. The number of aryl methyl sites for hydroxylation is 1. The zero-order valence-corrected chi connectivity index (χ0v) is 14.7. The number of halogens is 1. The van der Waals surface area contributed by atoms with Crippen molar-refractivity contribution in [1.82, 2.24) is 0 Å². The average molecular weight is 372 g/mol. The Bertz CT molecular complexity index is 793. The quantitative estimate of drug-likeness (QED) is 0.630. The van der Waals surface area contributed by atoms with Gasteiger partial charge in [0.1, 0.15) is 17.3 Å². The molecule has 0 bridgehead atoms. The smallest absolute Gasteiger partial charge is 0.134 e. The molecule has 23 heavy (non-hydrogen) atoms. The number of anilines is 1. The summed E-state index contributed by atoms with van der Waals surface area (Å²) in [6.45, 7) is 2.72. The minimum atomic E-state index is 0.641. The molecule has 3 aromatic rings. The van der Waals surface area contributed by atoms with Crippen molar-refractivity contribution in [1.29, 1.82) is 0 Å². The zero-order chi connectivity index (χ0) is 16.2. The zero-order valence-electron chi connectivity index (χ0n) is 13.1. The fraction of sp³-hybridized carbons (Fsp3) is 0.158. The Morgan fingerprint density at radius 2 is 1.83 bits per heavy atom. The molecule has 1 heterocycles. The predicted molar refractivity (Wildman–Crippen MR) is 96.9 cm³/mol. The van der Waals surface area contributed by atoms with E-state index in [1.54, 1.807) is 7.11 Å². The summed E-state index contributed by atoms with van der Waals surface area (Å²) in [5.41, 5.74) is 3.33. The van der Waals surface area contributed by atoms with Crippen molar-refractivity contribution >= 4 is 21.6 Å². The van der Waals surface area contributed by atoms with Gasteiger partial charge in [-0.05, 0) is 67.1 Å². The third-order valence-electron chi connectivity index (χ3n) is 3.67. The number of methoxy groups -OCH3 is 1. The lowest BCUT2D eigenvalue weighted by Crippen LogP contribution is -1.97. The van der Waals surface area contributed by atoms with Crippen molar-refractivity contribution in [3.63, 3.8) is 0 Å². The summed E-state index contributed by atoms with van der Waals surface area (Å²) in [6, 6.07) is 18.0. The van der Waals surface area contributed by atoms with Gasteiger partial charge >= 0.3 is 0 Å². The van der Waals surface area contributed by atoms with Gasteiger partial charge in [0.2, 0.25) is 0 Å². The van der Waals surface area contributed by atoms with Gasteiger partial charge in [0, 0.05) is 15.7 Å². The summed E-state index contributed by atoms with van der Waals surface area (Å²) in [4.78, 5) is 0. The van der Waals surface area contributed by atoms with Crippen LogP contribution >= 0.6 is 15.9 Å². The summed E-state index contributed by atoms with van der Waals surface area (Å²) in [7, 11) is 1.66. The molecule has 0 aliphatic rings. The molecule has 0 fully saturated rings. The first-order chi connectivity index (χ1) is 11.2. The molecule has 2 aromatic carbocycles. The number of nitrogens with one attached hydrogen (secondary N) is 1. The van der Waals surface area contributed by atoms with Crippen LogP contribution in [-0.4, -0.2) is 7.11 Å². The van der Waals surface area contributed by atoms with Crippen LogP contribution in [-0.2, 0) is 6.54 Å². The van der Waals surface area contributed by atoms with E-state index in [9.17, 15) is 0 Å². The number of hydrogen-bond donors (Lipinski definition) is 1. The Balaban J connectivity index is 1.69. The van der Waals surface area contributed by atoms with Gasteiger partial charge in [0.25, 0.3) is 0 Å². The Morgan fingerprint density at radius 1 is 1.04 bits per heavy atom. The van der Waals surface area contributed by atoms with Crippen LogP contribution < -0.4 is 10.1 Å². The van der Waals surface area contributed by atoms with Gasteiger partial charge in [0.05, 0.1) is 13.7 Å². The molecule has 4 heteroatoms. The molecule has 0 spiro atoms. The summed E-state index contributed by atoms with van der Waals surface area (Å²) >= 11 is 3.49. The number of rotatable bonds is 5. The first-order valence-electron chi connectivity index (χ1n) is 7.39. The Labute approximate surface area is 144 Å². The highest BCUT2D eigenvalue weighted by Crippen LogP contribution is 2.28. The maximum Gasteiger partial charge on any atom is 0.134 e. The first-order valence-corrected chi connectivity index (χ1v) is 8.18. The highest BCUT2D eigenvalue weighted by molar-refractivity contribution is 9.10. The lowest BCUT2D eigenvalue weighted by molar-refractivity contribution is 0.415. The van der Waals surface area contributed by atoms with Crippen molar-refractivity contribution < 1.29 is 9.15 Å². The van der Waals surface area contributed by atoms with Crippen molar-refractivity contribution in [3.8, 4) is 17.1 Å². The molecule has 0 atom stereocenters. The molecule has 3 nitrogen and oxygen atoms in total. The van der Waals surface area contributed by atoms with Crippen LogP contribution in [0, 0.1) is 6.92 Å². The Morgan fingerprint density at radius 3 is 2.52 bits per heavy atom. The van der Waals surface area contributed by atoms with Crippen LogP contribution in [0.2, 0.25) is 0 Å². The van der Waals surface area contributed by atoms with E-state index in [0.717, 1.165) is 33.0 Å². The number of furan rings is 1. The second-order valence-electron chi connectivity index (χ2n) is 5.31. The van der Waals surface area contributed by atoms with E-state index in [0.29, 0.717) is 6.54 Å². The Hall–Kier alpha value is -2.20. The van der Waals surface area contributed by atoms with Crippen LogP contribution in [0.5, 0.6) is 5.75 Å². The fourth-order valence-corrected chi connectivity index (χ4v) is 2.89. The summed E-state index contributed by atoms with van der Waals surface area (Å²) in [6.07, 6.45) is 0. The third kappa shape index (κ3) is 3.77. The van der Waals surface area contributed by atoms with Crippen LogP contribution in [0.25, 0.3) is 11.3 Å². The highest BCUT2D eigenvalue weighted by Gasteiger charge is 2.08. The van der Waals surface area contributed by atoms with Gasteiger partial charge in [-0.1, -0.05) is 15.9 Å². The third-order valence-corrected chi connectivity index (χ3v) is 4.17. The molecule has 0 amide bonds. The van der Waals surface area contributed by atoms with Crippen LogP contribution in [0.15, 0.2) is 63.5 Å². The molecule has 3 rings (SSSR count). The first kappa shape index (κ1) is 15.7. The molecule has 0 aliphatic carbocycles. The SMILES string of the molecule is COc1ccc(NCc2ccc(-c3ccc(Br)cc3C)o2)cc1. The van der Waals surface area contributed by atoms with Crippen molar-refractivity contribution in [2.45, 2.75) is 13.5 Å². The monoisotopic (exact) mass is 371 g/mol. The summed E-state index contributed by atoms with van der Waals surface area (Å²) in [5, 5.41) is 3.34. The second-order valence-corrected chi connectivity index (χ2v) is 6.22. The molecule has 0 unspecified atom stereocenters. The van der Waals surface area contributed by atoms with E-state index in [-0.39, 0.29) is 0 Å². The number of benzene rings is 2. The molecule has 0 saturated heterocycles. The fourth-order valence-electron chi connectivity index (χ4n) is 2.42. The van der Waals surface area contributed by atoms with E-state index in [2.05, 4.69) is 40.3 Å². The normalized spacial score (nSPS) is 10.6. The Kier molecular flexibility index (Phi) is 4.72. The van der Waals surface area contributed by atoms with Gasteiger partial charge in [-0.2, -0.15) is 0 Å². The van der Waals surface area contributed by atoms with Crippen molar-refractivity contribution in [2.75, 3.05) is 12.4 Å². The topological polar surface area (TPSA) is 34.4 Å². The van der Waals surface area contributed by atoms with Gasteiger partial charge < -0.3 is 14.5 Å². The van der Waals surface area contributed by atoms with E-state index >= 15 is 0 Å². The molecular formula is C19H18BrNO2. The van der Waals surface area contributed by atoms with E-state index in [1.165, 1.54) is 5.56 Å². The lowest BCUT2D eigenvalue weighted by atomic mass is 10.1. The lowest BCUT2D eigenvalue weighted by Gasteiger charge is -2.06. The minimum Gasteiger partial charge on any atom is -0.497 e. The predicted octanol–water partition coefficient (Wildman–Crippen LogP) is 5.64. The summed E-state index contributed by atoms with van der Waals surface area (Å²) in [5.74, 6) is 2.64. The maximum atomic E-state index is 5.95. The molecule has 1 N–H and O–H groups in total. The summed E-state index contributed by atoms with van der Waals surface area (Å²) < 4.78 is 12.2. The molecule has 0 aliphatic heterocycles. The number of hydrogen-bond acceptors (Lipinski definition) is 3. The van der Waals surface area contributed by atoms with E-state index in [4.69, 9.17) is 9.15 Å². The minimum absolute atomic E-state index is 0.641. The molecule has 1 aromatic heterocycles. The van der Waals surface area contributed by atoms with Gasteiger partial charge in [-0.3, -0.25) is 0 Å². The number of ether oxygens (including phenoxy) is 1. The largest absolute Gasteiger partial charge is 0.497 e. The van der Waals surface area contributed by atoms with Crippen LogP contribution in [0.3, 0.4) is 0 Å². The van der Waals surface area contributed by atoms with Crippen molar-refractivity contribution in [2.24, 2.45) is 0 Å². The second kappa shape index (κ2) is 6.92. The maximum absolute atomic E-state index is 5.95. The molecule has 118 valence electrons. The standard InChI is InChI=1S/C19H18BrNO2/c1-13-11-14(20)3-9-18(13)19-10-8-17(23-19)12-21-15-4-6-16(22-2)7-5-15/h3-11,21H,12H2,1-2H3. The van der Waals surface area contributed by atoms with Gasteiger partial charge in [-0.25, -0.2) is 0 Å². The molecular weight excluding hydrogens is 354 g/mol. The molecule has 0 saturated carbocycles. The van der Waals surface area contributed by atoms with Crippen LogP contribution in [0.1, 0.15) is 11.3 Å².